The van der Waals surface area contributed by atoms with Crippen molar-refractivity contribution in [2.75, 3.05) is 4.90 Å². The number of hydrogen-bond donors (Lipinski definition) is 0. The molecule has 8 aromatic rings. The minimum atomic E-state index is -0.0612. The topological polar surface area (TPSA) is 3.24 Å². The van der Waals surface area contributed by atoms with E-state index < -0.39 is 0 Å². The van der Waals surface area contributed by atoms with Gasteiger partial charge in [-0.2, -0.15) is 0 Å². The van der Waals surface area contributed by atoms with E-state index in [1.54, 1.807) is 0 Å². The first-order valence-corrected chi connectivity index (χ1v) is 18.7. The molecule has 0 saturated carbocycles. The molecule has 1 heteroatoms. The van der Waals surface area contributed by atoms with Gasteiger partial charge in [-0.3, -0.25) is 0 Å². The smallest absolute Gasteiger partial charge is 0.0546 e. The maximum atomic E-state index is 2.52. The molecule has 1 aliphatic carbocycles. The van der Waals surface area contributed by atoms with Crippen LogP contribution in [-0.2, 0) is 18.3 Å². The number of hydrogen-bond acceptors (Lipinski definition) is 1. The van der Waals surface area contributed by atoms with Crippen molar-refractivity contribution in [2.45, 2.75) is 46.0 Å². The molecule has 0 radical (unpaired) electrons. The van der Waals surface area contributed by atoms with Gasteiger partial charge in [0.05, 0.1) is 5.69 Å². The molecular formula is C51H43N. The summed E-state index contributed by atoms with van der Waals surface area (Å²) in [5.74, 6) is 0. The van der Waals surface area contributed by atoms with E-state index in [9.17, 15) is 0 Å². The van der Waals surface area contributed by atoms with E-state index in [1.807, 2.05) is 0 Å². The molecule has 8 aromatic carbocycles. The van der Waals surface area contributed by atoms with Crippen molar-refractivity contribution < 1.29 is 0 Å². The quantitative estimate of drug-likeness (QED) is 0.163. The van der Waals surface area contributed by atoms with Crippen LogP contribution in [0.1, 0.15) is 49.9 Å². The average Bonchev–Trinajstić information content (AvgIpc) is 3.43. The van der Waals surface area contributed by atoms with Gasteiger partial charge in [-0.25, -0.2) is 0 Å². The second-order valence-electron chi connectivity index (χ2n) is 14.7. The fourth-order valence-corrected chi connectivity index (χ4v) is 8.72. The van der Waals surface area contributed by atoms with E-state index in [2.05, 4.69) is 196 Å². The highest BCUT2D eigenvalue weighted by Crippen LogP contribution is 2.52. The Balaban J connectivity index is 1.35. The van der Waals surface area contributed by atoms with Crippen molar-refractivity contribution in [3.8, 4) is 33.4 Å². The Hall–Kier alpha value is -5.92. The minimum Gasteiger partial charge on any atom is -0.310 e. The summed E-state index contributed by atoms with van der Waals surface area (Å²) < 4.78 is 0. The SMILES string of the molecule is CCc1ccccc1-c1cc(N(c2ccc3c(c2)-c2ccccc2C3(C)C)c2ccc3ccccc3c2-c2ccc3ccccc3c2)ccc1CC. The van der Waals surface area contributed by atoms with Gasteiger partial charge in [-0.15, -0.1) is 0 Å². The van der Waals surface area contributed by atoms with E-state index in [0.29, 0.717) is 0 Å². The number of benzene rings is 8. The summed E-state index contributed by atoms with van der Waals surface area (Å²) in [5.41, 5.74) is 16.6. The van der Waals surface area contributed by atoms with E-state index in [0.717, 1.165) is 24.2 Å². The Labute approximate surface area is 307 Å². The molecule has 1 nitrogen and oxygen atoms in total. The Bertz CT molecular complexity index is 2640. The fourth-order valence-electron chi connectivity index (χ4n) is 8.72. The summed E-state index contributed by atoms with van der Waals surface area (Å²) in [6, 6.07) is 61.2. The first kappa shape index (κ1) is 32.0. The standard InChI is InChI=1S/C51H43N/c1-5-34-15-9-11-19-42(34)45-32-40(27-25-35(45)6-2)52(41-28-29-48-46(33-41)44-21-13-14-22-47(44)51(48,3)4)49-30-26-37-17-10-12-20-43(37)50(49)39-24-23-36-16-7-8-18-38(36)31-39/h7-33H,5-6H2,1-4H3. The third-order valence-corrected chi connectivity index (χ3v) is 11.4. The van der Waals surface area contributed by atoms with Gasteiger partial charge in [0.1, 0.15) is 0 Å². The molecular weight excluding hydrogens is 627 g/mol. The van der Waals surface area contributed by atoms with Crippen LogP contribution >= 0.6 is 0 Å². The van der Waals surface area contributed by atoms with Crippen molar-refractivity contribution in [1.82, 2.24) is 0 Å². The lowest BCUT2D eigenvalue weighted by Crippen LogP contribution is -2.15. The first-order valence-electron chi connectivity index (χ1n) is 18.7. The number of aryl methyl sites for hydroxylation is 2. The molecule has 0 aliphatic heterocycles. The van der Waals surface area contributed by atoms with Crippen LogP contribution in [0.25, 0.3) is 54.9 Å². The van der Waals surface area contributed by atoms with Crippen LogP contribution in [0, 0.1) is 0 Å². The van der Waals surface area contributed by atoms with E-state index in [-0.39, 0.29) is 5.41 Å². The van der Waals surface area contributed by atoms with Gasteiger partial charge in [-0.05, 0) is 121 Å². The molecule has 9 rings (SSSR count). The Morgan fingerprint density at radius 1 is 0.442 bits per heavy atom. The monoisotopic (exact) mass is 669 g/mol. The van der Waals surface area contributed by atoms with Gasteiger partial charge in [0.15, 0.2) is 0 Å². The molecule has 0 N–H and O–H groups in total. The Morgan fingerprint density at radius 3 is 1.85 bits per heavy atom. The maximum Gasteiger partial charge on any atom is 0.0546 e. The number of anilines is 3. The number of fused-ring (bicyclic) bond motifs is 5. The fraction of sp³-hybridized carbons (Fsp3) is 0.137. The lowest BCUT2D eigenvalue weighted by Gasteiger charge is -2.30. The van der Waals surface area contributed by atoms with Gasteiger partial charge in [0, 0.05) is 22.4 Å². The van der Waals surface area contributed by atoms with Gasteiger partial charge in [0.2, 0.25) is 0 Å². The molecule has 0 atom stereocenters. The van der Waals surface area contributed by atoms with Crippen LogP contribution in [0.3, 0.4) is 0 Å². The predicted molar refractivity (Wildman–Crippen MR) is 223 cm³/mol. The first-order chi connectivity index (χ1) is 25.5. The van der Waals surface area contributed by atoms with Crippen LogP contribution in [0.15, 0.2) is 164 Å². The van der Waals surface area contributed by atoms with E-state index in [4.69, 9.17) is 0 Å². The minimum absolute atomic E-state index is 0.0612. The van der Waals surface area contributed by atoms with Gasteiger partial charge >= 0.3 is 0 Å². The lowest BCUT2D eigenvalue weighted by atomic mass is 9.82. The molecule has 0 amide bonds. The summed E-state index contributed by atoms with van der Waals surface area (Å²) in [4.78, 5) is 2.52. The van der Waals surface area contributed by atoms with Crippen LogP contribution < -0.4 is 4.90 Å². The third kappa shape index (κ3) is 5.15. The molecule has 0 saturated heterocycles. The zero-order chi connectivity index (χ0) is 35.4. The number of nitrogens with zero attached hydrogens (tertiary/aromatic N) is 1. The summed E-state index contributed by atoms with van der Waals surface area (Å²) in [6.45, 7) is 9.25. The van der Waals surface area contributed by atoms with E-state index >= 15 is 0 Å². The second-order valence-corrected chi connectivity index (χ2v) is 14.7. The number of rotatable bonds is 7. The molecule has 0 heterocycles. The van der Waals surface area contributed by atoms with Crippen LogP contribution in [-0.4, -0.2) is 0 Å². The highest BCUT2D eigenvalue weighted by molar-refractivity contribution is 6.07. The summed E-state index contributed by atoms with van der Waals surface area (Å²) in [5, 5.41) is 4.97. The molecule has 0 aromatic heterocycles. The maximum absolute atomic E-state index is 2.52. The summed E-state index contributed by atoms with van der Waals surface area (Å²) in [7, 11) is 0. The predicted octanol–water partition coefficient (Wildman–Crippen LogP) is 14.2. The zero-order valence-electron chi connectivity index (χ0n) is 30.4. The van der Waals surface area contributed by atoms with Gasteiger partial charge < -0.3 is 4.90 Å². The van der Waals surface area contributed by atoms with Crippen molar-refractivity contribution in [1.29, 1.82) is 0 Å². The second kappa shape index (κ2) is 12.7. The highest BCUT2D eigenvalue weighted by Gasteiger charge is 2.35. The Kier molecular flexibility index (Phi) is 7.81. The molecule has 0 unspecified atom stereocenters. The Morgan fingerprint density at radius 2 is 1.04 bits per heavy atom. The molecule has 252 valence electrons. The average molecular weight is 670 g/mol. The van der Waals surface area contributed by atoms with Crippen LogP contribution in [0.2, 0.25) is 0 Å². The third-order valence-electron chi connectivity index (χ3n) is 11.4. The molecule has 0 fully saturated rings. The summed E-state index contributed by atoms with van der Waals surface area (Å²) in [6.07, 6.45) is 1.96. The van der Waals surface area contributed by atoms with E-state index in [1.165, 1.54) is 82.9 Å². The zero-order valence-corrected chi connectivity index (χ0v) is 30.4. The van der Waals surface area contributed by atoms with Crippen molar-refractivity contribution >= 4 is 38.6 Å². The van der Waals surface area contributed by atoms with Crippen molar-refractivity contribution in [2.24, 2.45) is 0 Å². The van der Waals surface area contributed by atoms with Crippen molar-refractivity contribution in [3.63, 3.8) is 0 Å². The van der Waals surface area contributed by atoms with Crippen LogP contribution in [0.4, 0.5) is 17.1 Å². The molecule has 0 bridgehead atoms. The highest BCUT2D eigenvalue weighted by atomic mass is 15.1. The summed E-state index contributed by atoms with van der Waals surface area (Å²) >= 11 is 0. The van der Waals surface area contributed by atoms with Crippen molar-refractivity contribution in [3.05, 3.63) is 186 Å². The normalized spacial score (nSPS) is 12.9. The van der Waals surface area contributed by atoms with Gasteiger partial charge in [0.25, 0.3) is 0 Å². The molecule has 1 aliphatic rings. The molecule has 52 heavy (non-hydrogen) atoms. The van der Waals surface area contributed by atoms with Gasteiger partial charge in [-0.1, -0.05) is 155 Å². The lowest BCUT2D eigenvalue weighted by molar-refractivity contribution is 0.660. The molecule has 0 spiro atoms. The van der Waals surface area contributed by atoms with Crippen LogP contribution in [0.5, 0.6) is 0 Å². The largest absolute Gasteiger partial charge is 0.310 e.